The Bertz CT molecular complexity index is 1250. The fourth-order valence-corrected chi connectivity index (χ4v) is 3.81. The highest BCUT2D eigenvalue weighted by Gasteiger charge is 2.30. The van der Waals surface area contributed by atoms with Crippen LogP contribution in [0.1, 0.15) is 24.5 Å². The van der Waals surface area contributed by atoms with Crippen molar-refractivity contribution >= 4 is 10.8 Å². The summed E-state index contributed by atoms with van der Waals surface area (Å²) in [6.45, 7) is 2.73. The van der Waals surface area contributed by atoms with Gasteiger partial charge in [-0.2, -0.15) is 0 Å². The third-order valence-electron chi connectivity index (χ3n) is 5.53. The molecule has 34 heavy (non-hydrogen) atoms. The molecule has 6 heteroatoms. The molecule has 4 rings (SSSR count). The minimum atomic E-state index is -4.72. The minimum Gasteiger partial charge on any atom is -0.494 e. The summed E-state index contributed by atoms with van der Waals surface area (Å²) in [5.41, 5.74) is 3.38. The Morgan fingerprint density at radius 1 is 0.735 bits per heavy atom. The van der Waals surface area contributed by atoms with Crippen LogP contribution in [0, 0.1) is 5.82 Å². The van der Waals surface area contributed by atoms with E-state index in [1.807, 2.05) is 42.5 Å². The van der Waals surface area contributed by atoms with Crippen LogP contribution in [0.2, 0.25) is 0 Å². The van der Waals surface area contributed by atoms with Crippen molar-refractivity contribution in [2.75, 3.05) is 6.61 Å². The first-order valence-electron chi connectivity index (χ1n) is 11.1. The monoisotopic (exact) mass is 468 g/mol. The molecule has 0 amide bonds. The van der Waals surface area contributed by atoms with Gasteiger partial charge in [-0.1, -0.05) is 55.5 Å². The first kappa shape index (κ1) is 23.6. The second-order valence-corrected chi connectivity index (χ2v) is 8.04. The van der Waals surface area contributed by atoms with E-state index in [9.17, 15) is 13.2 Å². The third kappa shape index (κ3) is 5.87. The lowest BCUT2D eigenvalue weighted by molar-refractivity contribution is -0.274. The lowest BCUT2D eigenvalue weighted by Crippen LogP contribution is -2.17. The van der Waals surface area contributed by atoms with Crippen LogP contribution in [0.4, 0.5) is 17.6 Å². The molecule has 0 aliphatic rings. The molecule has 0 aromatic heterocycles. The van der Waals surface area contributed by atoms with Gasteiger partial charge in [0.05, 0.1) is 6.61 Å². The molecule has 0 unspecified atom stereocenters. The molecule has 0 bridgehead atoms. The molecule has 0 N–H and O–H groups in total. The third-order valence-corrected chi connectivity index (χ3v) is 5.53. The molecule has 0 radical (unpaired) electrons. The van der Waals surface area contributed by atoms with Gasteiger partial charge in [-0.25, -0.2) is 4.39 Å². The van der Waals surface area contributed by atoms with Gasteiger partial charge in [0.1, 0.15) is 17.3 Å². The first-order valence-corrected chi connectivity index (χ1v) is 11.1. The van der Waals surface area contributed by atoms with Crippen molar-refractivity contribution in [3.8, 4) is 22.6 Å². The summed E-state index contributed by atoms with van der Waals surface area (Å²) in [5, 5.41) is 1.34. The molecule has 2 nitrogen and oxygen atoms in total. The Hall–Kier alpha value is -3.54. The van der Waals surface area contributed by atoms with Crippen LogP contribution in [0.3, 0.4) is 0 Å². The topological polar surface area (TPSA) is 18.5 Å². The molecule has 176 valence electrons. The van der Waals surface area contributed by atoms with E-state index in [-0.39, 0.29) is 11.6 Å². The fourth-order valence-electron chi connectivity index (χ4n) is 3.81. The van der Waals surface area contributed by atoms with E-state index < -0.39 is 6.36 Å². The highest BCUT2D eigenvalue weighted by Crippen LogP contribution is 2.29. The van der Waals surface area contributed by atoms with Gasteiger partial charge in [-0.3, -0.25) is 0 Å². The van der Waals surface area contributed by atoms with Gasteiger partial charge in [-0.05, 0) is 77.2 Å². The second-order valence-electron chi connectivity index (χ2n) is 8.04. The molecule has 0 saturated heterocycles. The van der Waals surface area contributed by atoms with E-state index in [2.05, 4.69) is 11.7 Å². The fraction of sp³-hybridized carbons (Fsp3) is 0.214. The van der Waals surface area contributed by atoms with E-state index in [0.717, 1.165) is 34.2 Å². The molecule has 0 heterocycles. The average molecular weight is 468 g/mol. The summed E-state index contributed by atoms with van der Waals surface area (Å²) in [4.78, 5) is 0. The van der Waals surface area contributed by atoms with Crippen molar-refractivity contribution in [3.05, 3.63) is 95.8 Å². The number of aryl methyl sites for hydroxylation is 2. The van der Waals surface area contributed by atoms with Crippen LogP contribution in [0.15, 0.2) is 78.9 Å². The van der Waals surface area contributed by atoms with Crippen LogP contribution in [0.25, 0.3) is 21.9 Å². The number of benzene rings is 4. The van der Waals surface area contributed by atoms with Crippen molar-refractivity contribution in [2.24, 2.45) is 0 Å². The molecule has 0 saturated carbocycles. The van der Waals surface area contributed by atoms with E-state index >= 15 is 4.39 Å². The number of rotatable bonds is 8. The van der Waals surface area contributed by atoms with Gasteiger partial charge in [0.25, 0.3) is 0 Å². The maximum Gasteiger partial charge on any atom is 0.573 e. The Morgan fingerprint density at radius 2 is 1.41 bits per heavy atom. The molecule has 0 fully saturated rings. The van der Waals surface area contributed by atoms with Gasteiger partial charge in [0.2, 0.25) is 0 Å². The van der Waals surface area contributed by atoms with Crippen LogP contribution >= 0.6 is 0 Å². The number of fused-ring (bicyclic) bond motifs is 1. The highest BCUT2D eigenvalue weighted by atomic mass is 19.4. The number of halogens is 4. The van der Waals surface area contributed by atoms with Crippen molar-refractivity contribution < 1.29 is 27.0 Å². The SMILES string of the molecule is CCCOc1ccc(-c2ccc3c(F)c(CCc4ccc(OC(F)(F)F)cc4)ccc3c2)cc1. The molecular weight excluding hydrogens is 444 g/mol. The quantitative estimate of drug-likeness (QED) is 0.243. The van der Waals surface area contributed by atoms with Gasteiger partial charge >= 0.3 is 6.36 Å². The first-order chi connectivity index (χ1) is 16.3. The smallest absolute Gasteiger partial charge is 0.494 e. The van der Waals surface area contributed by atoms with Crippen molar-refractivity contribution in [1.82, 2.24) is 0 Å². The maximum absolute atomic E-state index is 15.2. The zero-order valence-electron chi connectivity index (χ0n) is 18.7. The Balaban J connectivity index is 1.46. The molecule has 4 aromatic rings. The predicted molar refractivity (Wildman–Crippen MR) is 126 cm³/mol. The molecule has 0 atom stereocenters. The van der Waals surface area contributed by atoms with Gasteiger partial charge in [0, 0.05) is 5.39 Å². The normalized spacial score (nSPS) is 11.6. The van der Waals surface area contributed by atoms with E-state index in [0.29, 0.717) is 30.4 Å². The summed E-state index contributed by atoms with van der Waals surface area (Å²) >= 11 is 0. The molecular formula is C28H24F4O2. The van der Waals surface area contributed by atoms with E-state index in [1.54, 1.807) is 24.3 Å². The number of ether oxygens (including phenoxy) is 2. The Kier molecular flexibility index (Phi) is 7.06. The summed E-state index contributed by atoms with van der Waals surface area (Å²) in [7, 11) is 0. The van der Waals surface area contributed by atoms with Crippen LogP contribution in [-0.4, -0.2) is 13.0 Å². The van der Waals surface area contributed by atoms with Crippen LogP contribution in [-0.2, 0) is 12.8 Å². The van der Waals surface area contributed by atoms with E-state index in [1.165, 1.54) is 12.1 Å². The summed E-state index contributed by atoms with van der Waals surface area (Å²) in [6.07, 6.45) is -2.84. The maximum atomic E-state index is 15.2. The van der Waals surface area contributed by atoms with Crippen molar-refractivity contribution in [3.63, 3.8) is 0 Å². The Morgan fingerprint density at radius 3 is 2.09 bits per heavy atom. The van der Waals surface area contributed by atoms with Gasteiger partial charge in [-0.15, -0.1) is 13.2 Å². The molecule has 0 aliphatic carbocycles. The van der Waals surface area contributed by atoms with E-state index in [4.69, 9.17) is 4.74 Å². The van der Waals surface area contributed by atoms with Crippen LogP contribution < -0.4 is 9.47 Å². The van der Waals surface area contributed by atoms with Gasteiger partial charge < -0.3 is 9.47 Å². The molecule has 4 aromatic carbocycles. The predicted octanol–water partition coefficient (Wildman–Crippen LogP) is 8.12. The van der Waals surface area contributed by atoms with Gasteiger partial charge in [0.15, 0.2) is 0 Å². The van der Waals surface area contributed by atoms with Crippen molar-refractivity contribution in [2.45, 2.75) is 32.5 Å². The largest absolute Gasteiger partial charge is 0.573 e. The number of hydrogen-bond donors (Lipinski definition) is 0. The molecule has 0 spiro atoms. The summed E-state index contributed by atoms with van der Waals surface area (Å²) in [6, 6.07) is 22.8. The number of hydrogen-bond acceptors (Lipinski definition) is 2. The number of alkyl halides is 3. The lowest BCUT2D eigenvalue weighted by atomic mass is 9.97. The molecule has 0 aliphatic heterocycles. The lowest BCUT2D eigenvalue weighted by Gasteiger charge is -2.11. The zero-order valence-corrected chi connectivity index (χ0v) is 18.7. The highest BCUT2D eigenvalue weighted by molar-refractivity contribution is 5.88. The average Bonchev–Trinajstić information content (AvgIpc) is 2.82. The van der Waals surface area contributed by atoms with Crippen molar-refractivity contribution in [1.29, 1.82) is 0 Å². The summed E-state index contributed by atoms with van der Waals surface area (Å²) < 4.78 is 61.6. The second kappa shape index (κ2) is 10.2. The summed E-state index contributed by atoms with van der Waals surface area (Å²) in [5.74, 6) is 0.279. The minimum absolute atomic E-state index is 0.271. The van der Waals surface area contributed by atoms with Crippen LogP contribution in [0.5, 0.6) is 11.5 Å². The Labute approximate surface area is 195 Å². The standard InChI is InChI=1S/C28H24F4O2/c1-2-17-33-24-14-9-20(10-15-24)22-11-16-26-23(18-22)8-7-21(27(26)29)6-3-19-4-12-25(13-5-19)34-28(30,31)32/h4-5,7-16,18H,2-3,6,17H2,1H3. The zero-order chi connectivity index (χ0) is 24.1.